The van der Waals surface area contributed by atoms with Gasteiger partial charge in [0, 0.05) is 13.2 Å². The summed E-state index contributed by atoms with van der Waals surface area (Å²) in [6, 6.07) is 0. The minimum Gasteiger partial charge on any atom is -0.478 e. The number of halogens is 1. The zero-order valence-electron chi connectivity index (χ0n) is 6.24. The van der Waals surface area contributed by atoms with E-state index >= 15 is 0 Å². The Hall–Kier alpha value is -1.03. The Kier molecular flexibility index (Phi) is 3.07. The number of aromatic nitrogens is 2. The van der Waals surface area contributed by atoms with E-state index < -0.39 is 5.97 Å². The fraction of sp³-hybridized carbons (Fsp3) is 0.333. The third kappa shape index (κ3) is 1.94. The summed E-state index contributed by atoms with van der Waals surface area (Å²) in [6.07, 6.45) is 1.48. The van der Waals surface area contributed by atoms with Crippen LogP contribution in [-0.4, -0.2) is 20.9 Å². The van der Waals surface area contributed by atoms with Gasteiger partial charge in [-0.15, -0.1) is 12.4 Å². The number of aryl methyl sites for hydroxylation is 2. The average molecular weight is 177 g/mol. The van der Waals surface area contributed by atoms with Crippen LogP contribution in [0, 0.1) is 6.92 Å². The molecule has 0 bridgehead atoms. The molecule has 11 heavy (non-hydrogen) atoms. The highest BCUT2D eigenvalue weighted by Gasteiger charge is 2.08. The number of rotatable bonds is 1. The molecule has 1 heterocycles. The summed E-state index contributed by atoms with van der Waals surface area (Å²) in [6.45, 7) is 1.67. The smallest absolute Gasteiger partial charge is 0.339 e. The van der Waals surface area contributed by atoms with Gasteiger partial charge in [-0.3, -0.25) is 4.68 Å². The maximum absolute atomic E-state index is 10.4. The van der Waals surface area contributed by atoms with Gasteiger partial charge in [0.05, 0.1) is 5.69 Å². The van der Waals surface area contributed by atoms with E-state index in [1.165, 1.54) is 10.9 Å². The molecule has 0 aliphatic carbocycles. The molecular formula is C6H9ClN2O2. The molecular weight excluding hydrogens is 168 g/mol. The highest BCUT2D eigenvalue weighted by atomic mass is 35.5. The molecule has 0 aromatic carbocycles. The van der Waals surface area contributed by atoms with E-state index in [0.29, 0.717) is 5.69 Å². The maximum atomic E-state index is 10.4. The third-order valence-electron chi connectivity index (χ3n) is 1.24. The normalized spacial score (nSPS) is 8.91. The monoisotopic (exact) mass is 176 g/mol. The van der Waals surface area contributed by atoms with Crippen molar-refractivity contribution in [2.75, 3.05) is 0 Å². The first kappa shape index (κ1) is 9.97. The number of hydrogen-bond acceptors (Lipinski definition) is 2. The molecule has 0 radical (unpaired) electrons. The molecule has 1 rings (SSSR count). The van der Waals surface area contributed by atoms with Crippen molar-refractivity contribution in [3.05, 3.63) is 17.5 Å². The van der Waals surface area contributed by atoms with Crippen LogP contribution in [0.4, 0.5) is 0 Å². The molecule has 0 saturated carbocycles. The number of carbonyl (C=O) groups is 1. The van der Waals surface area contributed by atoms with Crippen LogP contribution in [0.15, 0.2) is 6.20 Å². The molecule has 4 nitrogen and oxygen atoms in total. The molecule has 0 amide bonds. The average Bonchev–Trinajstić information content (AvgIpc) is 2.10. The second kappa shape index (κ2) is 3.39. The van der Waals surface area contributed by atoms with Crippen LogP contribution in [0.5, 0.6) is 0 Å². The van der Waals surface area contributed by atoms with Crippen molar-refractivity contribution >= 4 is 18.4 Å². The summed E-state index contributed by atoms with van der Waals surface area (Å²) in [5.41, 5.74) is 0.817. The lowest BCUT2D eigenvalue weighted by Crippen LogP contribution is -1.95. The summed E-state index contributed by atoms with van der Waals surface area (Å²) < 4.78 is 1.48. The largest absolute Gasteiger partial charge is 0.478 e. The molecule has 0 saturated heterocycles. The van der Waals surface area contributed by atoms with Crippen molar-refractivity contribution in [3.8, 4) is 0 Å². The Labute approximate surface area is 70.2 Å². The Morgan fingerprint density at radius 2 is 2.27 bits per heavy atom. The SMILES string of the molecule is Cc1nn(C)cc1C(=O)O.Cl. The third-order valence-corrected chi connectivity index (χ3v) is 1.24. The summed E-state index contributed by atoms with van der Waals surface area (Å²) in [5, 5.41) is 12.4. The van der Waals surface area contributed by atoms with E-state index in [2.05, 4.69) is 5.10 Å². The molecule has 0 fully saturated rings. The molecule has 1 aromatic rings. The van der Waals surface area contributed by atoms with Gasteiger partial charge in [-0.1, -0.05) is 0 Å². The van der Waals surface area contributed by atoms with Gasteiger partial charge in [0.2, 0.25) is 0 Å². The highest BCUT2D eigenvalue weighted by molar-refractivity contribution is 5.88. The van der Waals surface area contributed by atoms with E-state index in [1.54, 1.807) is 14.0 Å². The van der Waals surface area contributed by atoms with Gasteiger partial charge < -0.3 is 5.11 Å². The van der Waals surface area contributed by atoms with Gasteiger partial charge >= 0.3 is 5.97 Å². The van der Waals surface area contributed by atoms with Crippen molar-refractivity contribution in [2.45, 2.75) is 6.92 Å². The molecule has 0 atom stereocenters. The van der Waals surface area contributed by atoms with Crippen LogP contribution < -0.4 is 0 Å². The van der Waals surface area contributed by atoms with E-state index in [-0.39, 0.29) is 18.0 Å². The van der Waals surface area contributed by atoms with E-state index in [4.69, 9.17) is 5.11 Å². The first-order chi connectivity index (χ1) is 4.61. The minimum absolute atomic E-state index is 0. The van der Waals surface area contributed by atoms with E-state index in [0.717, 1.165) is 0 Å². The Morgan fingerprint density at radius 3 is 2.45 bits per heavy atom. The van der Waals surface area contributed by atoms with Gasteiger partial charge in [-0.05, 0) is 6.92 Å². The Balaban J connectivity index is 0.000001000. The lowest BCUT2D eigenvalue weighted by atomic mass is 10.3. The van der Waals surface area contributed by atoms with E-state index in [1.807, 2.05) is 0 Å². The Bertz CT molecular complexity index is 270. The molecule has 62 valence electrons. The van der Waals surface area contributed by atoms with Crippen LogP contribution in [-0.2, 0) is 7.05 Å². The summed E-state index contributed by atoms with van der Waals surface area (Å²) in [4.78, 5) is 10.4. The predicted molar refractivity (Wildman–Crippen MR) is 42.2 cm³/mol. The summed E-state index contributed by atoms with van der Waals surface area (Å²) in [7, 11) is 1.69. The van der Waals surface area contributed by atoms with Crippen LogP contribution in [0.1, 0.15) is 16.1 Å². The second-order valence-electron chi connectivity index (χ2n) is 2.11. The molecule has 0 aliphatic rings. The van der Waals surface area contributed by atoms with Gasteiger partial charge in [0.25, 0.3) is 0 Å². The van der Waals surface area contributed by atoms with Crippen molar-refractivity contribution < 1.29 is 9.90 Å². The Morgan fingerprint density at radius 1 is 1.73 bits per heavy atom. The van der Waals surface area contributed by atoms with Crippen molar-refractivity contribution in [3.63, 3.8) is 0 Å². The number of aromatic carboxylic acids is 1. The maximum Gasteiger partial charge on any atom is 0.339 e. The fourth-order valence-electron chi connectivity index (χ4n) is 0.810. The minimum atomic E-state index is -0.925. The van der Waals surface area contributed by atoms with Gasteiger partial charge in [0.1, 0.15) is 5.56 Å². The molecule has 1 aromatic heterocycles. The lowest BCUT2D eigenvalue weighted by Gasteiger charge is -1.84. The number of hydrogen-bond donors (Lipinski definition) is 1. The zero-order valence-corrected chi connectivity index (χ0v) is 7.05. The zero-order chi connectivity index (χ0) is 7.72. The highest BCUT2D eigenvalue weighted by Crippen LogP contribution is 2.02. The van der Waals surface area contributed by atoms with Crippen LogP contribution in [0.3, 0.4) is 0 Å². The van der Waals surface area contributed by atoms with Crippen LogP contribution >= 0.6 is 12.4 Å². The van der Waals surface area contributed by atoms with Gasteiger partial charge in [-0.2, -0.15) is 5.10 Å². The standard InChI is InChI=1S/C6H8N2O2.ClH/c1-4-5(6(9)10)3-8(2)7-4;/h3H,1-2H3,(H,9,10);1H. The number of nitrogens with zero attached hydrogens (tertiary/aromatic N) is 2. The van der Waals surface area contributed by atoms with Crippen molar-refractivity contribution in [2.24, 2.45) is 7.05 Å². The number of carboxylic acids is 1. The molecule has 0 unspecified atom stereocenters. The molecule has 5 heteroatoms. The van der Waals surface area contributed by atoms with Crippen molar-refractivity contribution in [1.82, 2.24) is 9.78 Å². The van der Waals surface area contributed by atoms with Gasteiger partial charge in [-0.25, -0.2) is 4.79 Å². The van der Waals surface area contributed by atoms with Crippen molar-refractivity contribution in [1.29, 1.82) is 0 Å². The van der Waals surface area contributed by atoms with Crippen LogP contribution in [0.2, 0.25) is 0 Å². The predicted octanol–water partition coefficient (Wildman–Crippen LogP) is 0.849. The molecule has 0 spiro atoms. The molecule has 1 N–H and O–H groups in total. The second-order valence-corrected chi connectivity index (χ2v) is 2.11. The van der Waals surface area contributed by atoms with Gasteiger partial charge in [0.15, 0.2) is 0 Å². The van der Waals surface area contributed by atoms with E-state index in [9.17, 15) is 4.79 Å². The fourth-order valence-corrected chi connectivity index (χ4v) is 0.810. The molecule has 0 aliphatic heterocycles. The quantitative estimate of drug-likeness (QED) is 0.690. The lowest BCUT2D eigenvalue weighted by molar-refractivity contribution is 0.0696. The summed E-state index contributed by atoms with van der Waals surface area (Å²) >= 11 is 0. The summed E-state index contributed by atoms with van der Waals surface area (Å²) in [5.74, 6) is -0.925. The van der Waals surface area contributed by atoms with Crippen LogP contribution in [0.25, 0.3) is 0 Å². The number of carboxylic acid groups (broad SMARTS) is 1. The first-order valence-electron chi connectivity index (χ1n) is 2.85. The first-order valence-corrected chi connectivity index (χ1v) is 2.85. The topological polar surface area (TPSA) is 55.1 Å².